The summed E-state index contributed by atoms with van der Waals surface area (Å²) in [5, 5.41) is 0.547. The molecule has 2 bridgehead atoms. The predicted molar refractivity (Wildman–Crippen MR) is 97.6 cm³/mol. The lowest BCUT2D eigenvalue weighted by molar-refractivity contribution is 0.561. The quantitative estimate of drug-likeness (QED) is 0.814. The molecule has 0 atom stereocenters. The summed E-state index contributed by atoms with van der Waals surface area (Å²) in [4.78, 5) is 30.3. The summed E-state index contributed by atoms with van der Waals surface area (Å²) < 4.78 is 2.89. The molecule has 25 heavy (non-hydrogen) atoms. The van der Waals surface area contributed by atoms with Crippen LogP contribution < -0.4 is 22.0 Å². The molecule has 2 aliphatic carbocycles. The molecule has 3 aliphatic rings. The third kappa shape index (κ3) is 2.27. The van der Waals surface area contributed by atoms with E-state index in [1.807, 2.05) is 44.2 Å². The average molecular weight is 333 g/mol. The molecule has 126 valence electrons. The molecule has 0 fully saturated rings. The Morgan fingerprint density at radius 2 is 1.76 bits per heavy atom. The van der Waals surface area contributed by atoms with Crippen LogP contribution >= 0.6 is 0 Å². The number of hydrogen-bond acceptors (Lipinski definition) is 3. The molecule has 0 unspecified atom stereocenters. The van der Waals surface area contributed by atoms with Crippen LogP contribution in [0.15, 0.2) is 74.0 Å². The fourth-order valence-corrected chi connectivity index (χ4v) is 3.57. The van der Waals surface area contributed by atoms with Gasteiger partial charge in [0.15, 0.2) is 5.49 Å². The van der Waals surface area contributed by atoms with Gasteiger partial charge in [0.1, 0.15) is 0 Å². The highest BCUT2D eigenvalue weighted by Gasteiger charge is 2.24. The van der Waals surface area contributed by atoms with Crippen molar-refractivity contribution in [3.63, 3.8) is 0 Å². The van der Waals surface area contributed by atoms with E-state index in [0.29, 0.717) is 23.8 Å². The highest BCUT2D eigenvalue weighted by atomic mass is 16.2. The van der Waals surface area contributed by atoms with Gasteiger partial charge in [0, 0.05) is 18.7 Å². The van der Waals surface area contributed by atoms with Crippen LogP contribution in [0.1, 0.15) is 20.3 Å². The van der Waals surface area contributed by atoms with Gasteiger partial charge >= 0.3 is 5.69 Å². The lowest BCUT2D eigenvalue weighted by atomic mass is 9.93. The van der Waals surface area contributed by atoms with Crippen molar-refractivity contribution in [2.24, 2.45) is 4.99 Å². The fourth-order valence-electron chi connectivity index (χ4n) is 3.57. The second-order valence-corrected chi connectivity index (χ2v) is 6.17. The Hall–Kier alpha value is -2.95. The van der Waals surface area contributed by atoms with Gasteiger partial charge in [-0.2, -0.15) is 0 Å². The van der Waals surface area contributed by atoms with Crippen LogP contribution in [-0.4, -0.2) is 9.13 Å². The zero-order valence-corrected chi connectivity index (χ0v) is 14.3. The van der Waals surface area contributed by atoms with E-state index in [1.165, 1.54) is 10.1 Å². The molecule has 1 aromatic rings. The minimum atomic E-state index is -0.293. The summed E-state index contributed by atoms with van der Waals surface area (Å²) in [5.74, 6) is 0. The number of rotatable bonds is 2. The third-order valence-corrected chi connectivity index (χ3v) is 4.76. The maximum atomic E-state index is 13.0. The molecule has 0 saturated carbocycles. The number of hydrogen-bond donors (Lipinski definition) is 0. The lowest BCUT2D eigenvalue weighted by Gasteiger charge is -2.12. The first-order chi connectivity index (χ1) is 12.2. The van der Waals surface area contributed by atoms with Crippen LogP contribution in [0.4, 0.5) is 0 Å². The van der Waals surface area contributed by atoms with E-state index in [9.17, 15) is 9.59 Å². The number of fused-ring (bicyclic) bond motifs is 5. The zero-order valence-electron chi connectivity index (χ0n) is 14.3. The van der Waals surface area contributed by atoms with E-state index in [4.69, 9.17) is 0 Å². The Bertz CT molecular complexity index is 1170. The second-order valence-electron chi connectivity index (χ2n) is 6.17. The van der Waals surface area contributed by atoms with Gasteiger partial charge in [0.25, 0.3) is 5.56 Å². The molecule has 0 saturated heterocycles. The van der Waals surface area contributed by atoms with Crippen LogP contribution in [0.3, 0.4) is 0 Å². The van der Waals surface area contributed by atoms with Crippen molar-refractivity contribution >= 4 is 5.57 Å². The number of aromatic nitrogens is 2. The second kappa shape index (κ2) is 5.84. The molecule has 0 amide bonds. The molecule has 0 radical (unpaired) electrons. The third-order valence-electron chi connectivity index (χ3n) is 4.76. The molecule has 1 aliphatic heterocycles. The molecule has 5 nitrogen and oxygen atoms in total. The van der Waals surface area contributed by atoms with Crippen molar-refractivity contribution < 1.29 is 0 Å². The lowest BCUT2D eigenvalue weighted by Crippen LogP contribution is -2.57. The molecule has 1 aromatic heterocycles. The molecular formula is C20H19N3O2. The van der Waals surface area contributed by atoms with Gasteiger partial charge in [-0.15, -0.1) is 0 Å². The Morgan fingerprint density at radius 3 is 2.52 bits per heavy atom. The standard InChI is InChI=1S/C20H19N3O2/c1-3-22-18-17(19(24)23(4-2)20(22)25)16-14-10-6-5-8-13(12-14)9-7-11-15(16)21-18/h5-11H,3-4,12H2,1-2H3. The first-order valence-corrected chi connectivity index (χ1v) is 8.58. The van der Waals surface area contributed by atoms with Crippen LogP contribution in [0, 0.1) is 0 Å². The van der Waals surface area contributed by atoms with Gasteiger partial charge in [-0.3, -0.25) is 13.9 Å². The Labute approximate surface area is 144 Å². The van der Waals surface area contributed by atoms with E-state index in [0.717, 1.165) is 23.3 Å². The molecular weight excluding hydrogens is 314 g/mol. The van der Waals surface area contributed by atoms with Crippen molar-refractivity contribution in [1.29, 1.82) is 0 Å². The van der Waals surface area contributed by atoms with Crippen LogP contribution in [0.25, 0.3) is 5.57 Å². The fraction of sp³-hybridized carbons (Fsp3) is 0.250. The smallest absolute Gasteiger partial charge is 0.278 e. The monoisotopic (exact) mass is 333 g/mol. The van der Waals surface area contributed by atoms with Crippen molar-refractivity contribution in [3.05, 3.63) is 90.9 Å². The average Bonchev–Trinajstić information content (AvgIpc) is 2.78. The molecule has 0 N–H and O–H groups in total. The summed E-state index contributed by atoms with van der Waals surface area (Å²) in [6.45, 7) is 4.54. The Balaban J connectivity index is 2.23. The van der Waals surface area contributed by atoms with Crippen molar-refractivity contribution in [2.75, 3.05) is 0 Å². The molecule has 4 rings (SSSR count). The van der Waals surface area contributed by atoms with E-state index in [1.54, 1.807) is 4.57 Å². The Kier molecular flexibility index (Phi) is 3.64. The first-order valence-electron chi connectivity index (χ1n) is 8.58. The maximum absolute atomic E-state index is 13.0. The van der Waals surface area contributed by atoms with E-state index in [2.05, 4.69) is 17.1 Å². The van der Waals surface area contributed by atoms with Crippen LogP contribution in [-0.2, 0) is 13.1 Å². The number of nitrogens with zero attached hydrogens (tertiary/aromatic N) is 3. The van der Waals surface area contributed by atoms with Crippen LogP contribution in [0.2, 0.25) is 0 Å². The zero-order chi connectivity index (χ0) is 17.6. The predicted octanol–water partition coefficient (Wildman–Crippen LogP) is 1.10. The molecule has 2 heterocycles. The van der Waals surface area contributed by atoms with E-state index < -0.39 is 0 Å². The molecule has 0 spiro atoms. The molecule has 0 aromatic carbocycles. The van der Waals surface area contributed by atoms with Crippen LogP contribution in [0.5, 0.6) is 0 Å². The van der Waals surface area contributed by atoms with Gasteiger partial charge in [-0.05, 0) is 37.5 Å². The van der Waals surface area contributed by atoms with Gasteiger partial charge in [-0.1, -0.05) is 36.5 Å². The maximum Gasteiger partial charge on any atom is 0.332 e. The minimum absolute atomic E-state index is 0.251. The summed E-state index contributed by atoms with van der Waals surface area (Å²) in [6, 6.07) is 0. The Morgan fingerprint density at radius 1 is 1.00 bits per heavy atom. The van der Waals surface area contributed by atoms with E-state index >= 15 is 0 Å². The minimum Gasteiger partial charge on any atom is -0.278 e. The SMILES string of the molecule is CCn1c(=O)c2c(n(CC)c1=O)=NC1=CC=CC3=CC=CC=C(C3)C=21. The summed E-state index contributed by atoms with van der Waals surface area (Å²) in [7, 11) is 0. The summed E-state index contributed by atoms with van der Waals surface area (Å²) >= 11 is 0. The van der Waals surface area contributed by atoms with Gasteiger partial charge in [0.05, 0.1) is 10.9 Å². The summed E-state index contributed by atoms with van der Waals surface area (Å²) in [6.07, 6.45) is 14.8. The number of allylic oxidation sites excluding steroid dienone is 9. The summed E-state index contributed by atoms with van der Waals surface area (Å²) in [5.41, 5.74) is 3.77. The normalized spacial score (nSPS) is 17.5. The topological polar surface area (TPSA) is 56.4 Å². The van der Waals surface area contributed by atoms with Gasteiger partial charge < -0.3 is 0 Å². The highest BCUT2D eigenvalue weighted by Crippen LogP contribution is 2.30. The molecule has 5 heteroatoms. The largest absolute Gasteiger partial charge is 0.332 e. The van der Waals surface area contributed by atoms with Crippen molar-refractivity contribution in [3.8, 4) is 0 Å². The van der Waals surface area contributed by atoms with Crippen molar-refractivity contribution in [1.82, 2.24) is 9.13 Å². The van der Waals surface area contributed by atoms with Crippen molar-refractivity contribution in [2.45, 2.75) is 33.4 Å². The highest BCUT2D eigenvalue weighted by molar-refractivity contribution is 5.81. The van der Waals surface area contributed by atoms with Gasteiger partial charge in [0.2, 0.25) is 0 Å². The van der Waals surface area contributed by atoms with Gasteiger partial charge in [-0.25, -0.2) is 9.79 Å². The first kappa shape index (κ1) is 15.6. The van der Waals surface area contributed by atoms with E-state index in [-0.39, 0.29) is 11.2 Å².